The fourth-order valence-corrected chi connectivity index (χ4v) is 2.51. The molecule has 2 aromatic carbocycles. The van der Waals surface area contributed by atoms with E-state index >= 15 is 0 Å². The highest BCUT2D eigenvalue weighted by atomic mass is 35.5. The van der Waals surface area contributed by atoms with Gasteiger partial charge in [-0.05, 0) is 49.2 Å². The van der Waals surface area contributed by atoms with Crippen molar-refractivity contribution in [2.45, 2.75) is 20.3 Å². The molecule has 0 aliphatic rings. The van der Waals surface area contributed by atoms with Crippen LogP contribution in [0.15, 0.2) is 36.4 Å². The third-order valence-corrected chi connectivity index (χ3v) is 4.03. The van der Waals surface area contributed by atoms with Crippen LogP contribution in [0.1, 0.15) is 17.5 Å². The summed E-state index contributed by atoms with van der Waals surface area (Å²) in [6.07, 6.45) is 0.354. The maximum absolute atomic E-state index is 11.9. The van der Waals surface area contributed by atoms with Crippen LogP contribution in [0.5, 0.6) is 0 Å². The van der Waals surface area contributed by atoms with E-state index in [1.165, 1.54) is 11.1 Å². The topological polar surface area (TPSA) is 41.1 Å². The van der Waals surface area contributed by atoms with E-state index in [1.807, 2.05) is 12.1 Å². The molecule has 0 aliphatic carbocycles. The smallest absolute Gasteiger partial charge is 0.226 e. The van der Waals surface area contributed by atoms with Crippen LogP contribution in [0.3, 0.4) is 0 Å². The van der Waals surface area contributed by atoms with E-state index in [1.54, 1.807) is 18.2 Å². The van der Waals surface area contributed by atoms with Gasteiger partial charge in [0.1, 0.15) is 0 Å². The van der Waals surface area contributed by atoms with Crippen molar-refractivity contribution >= 4 is 40.5 Å². The molecule has 2 N–H and O–H groups in total. The van der Waals surface area contributed by atoms with E-state index in [2.05, 4.69) is 30.5 Å². The van der Waals surface area contributed by atoms with E-state index in [9.17, 15) is 4.79 Å². The van der Waals surface area contributed by atoms with Gasteiger partial charge < -0.3 is 10.6 Å². The van der Waals surface area contributed by atoms with Crippen molar-refractivity contribution in [2.24, 2.45) is 0 Å². The Bertz CT molecular complexity index is 686. The Morgan fingerprint density at radius 1 is 1.09 bits per heavy atom. The molecule has 2 aromatic rings. The molecule has 0 saturated heterocycles. The minimum absolute atomic E-state index is 0.0953. The summed E-state index contributed by atoms with van der Waals surface area (Å²) in [4.78, 5) is 11.9. The Morgan fingerprint density at radius 3 is 2.59 bits per heavy atom. The first-order valence-corrected chi connectivity index (χ1v) is 7.78. The van der Waals surface area contributed by atoms with E-state index in [0.717, 1.165) is 5.69 Å². The van der Waals surface area contributed by atoms with Gasteiger partial charge in [-0.3, -0.25) is 4.79 Å². The summed E-state index contributed by atoms with van der Waals surface area (Å²) in [5.41, 5.74) is 4.05. The Kier molecular flexibility index (Phi) is 5.69. The van der Waals surface area contributed by atoms with Gasteiger partial charge in [-0.2, -0.15) is 0 Å². The van der Waals surface area contributed by atoms with Gasteiger partial charge in [0.2, 0.25) is 5.91 Å². The number of hydrogen-bond acceptors (Lipinski definition) is 2. The highest BCUT2D eigenvalue weighted by molar-refractivity contribution is 6.36. The summed E-state index contributed by atoms with van der Waals surface area (Å²) in [6.45, 7) is 4.68. The van der Waals surface area contributed by atoms with Crippen molar-refractivity contribution in [3.8, 4) is 0 Å². The second-order valence-electron chi connectivity index (χ2n) is 5.10. The minimum Gasteiger partial charge on any atom is -0.384 e. The quantitative estimate of drug-likeness (QED) is 0.801. The second-order valence-corrected chi connectivity index (χ2v) is 5.94. The van der Waals surface area contributed by atoms with Crippen LogP contribution < -0.4 is 10.6 Å². The van der Waals surface area contributed by atoms with Gasteiger partial charge in [-0.25, -0.2) is 0 Å². The van der Waals surface area contributed by atoms with Crippen molar-refractivity contribution in [2.75, 3.05) is 17.2 Å². The van der Waals surface area contributed by atoms with E-state index in [4.69, 9.17) is 23.2 Å². The lowest BCUT2D eigenvalue weighted by molar-refractivity contribution is -0.115. The van der Waals surface area contributed by atoms with Gasteiger partial charge in [0.05, 0.1) is 10.7 Å². The van der Waals surface area contributed by atoms with Crippen molar-refractivity contribution in [3.63, 3.8) is 0 Å². The molecule has 116 valence electrons. The van der Waals surface area contributed by atoms with Crippen LogP contribution in [0.25, 0.3) is 0 Å². The summed E-state index contributed by atoms with van der Waals surface area (Å²) in [5, 5.41) is 7.03. The number of amides is 1. The number of anilines is 2. The van der Waals surface area contributed by atoms with Crippen molar-refractivity contribution in [3.05, 3.63) is 57.6 Å². The molecular formula is C17H18Cl2N2O. The normalized spacial score (nSPS) is 10.4. The van der Waals surface area contributed by atoms with Crippen LogP contribution in [0.2, 0.25) is 10.0 Å². The first kappa shape index (κ1) is 16.7. The van der Waals surface area contributed by atoms with Crippen LogP contribution >= 0.6 is 23.2 Å². The fourth-order valence-electron chi connectivity index (χ4n) is 2.06. The Balaban J connectivity index is 1.87. The molecule has 3 nitrogen and oxygen atoms in total. The third kappa shape index (κ3) is 4.39. The maximum atomic E-state index is 11.9. The van der Waals surface area contributed by atoms with Crippen LogP contribution in [0, 0.1) is 13.8 Å². The number of hydrogen-bond donors (Lipinski definition) is 2. The van der Waals surface area contributed by atoms with Crippen LogP contribution in [-0.2, 0) is 4.79 Å². The molecule has 2 rings (SSSR count). The molecule has 0 aliphatic heterocycles. The summed E-state index contributed by atoms with van der Waals surface area (Å²) >= 11 is 11.9. The highest BCUT2D eigenvalue weighted by Crippen LogP contribution is 2.25. The maximum Gasteiger partial charge on any atom is 0.226 e. The number of aryl methyl sites for hydroxylation is 1. The average Bonchev–Trinajstić information content (AvgIpc) is 2.46. The zero-order valence-electron chi connectivity index (χ0n) is 12.5. The van der Waals surface area contributed by atoms with Crippen molar-refractivity contribution in [1.82, 2.24) is 0 Å². The zero-order chi connectivity index (χ0) is 16.1. The van der Waals surface area contributed by atoms with Crippen molar-refractivity contribution < 1.29 is 4.79 Å². The number of nitrogens with one attached hydrogen (secondary N) is 2. The van der Waals surface area contributed by atoms with E-state index in [-0.39, 0.29) is 5.91 Å². The van der Waals surface area contributed by atoms with Gasteiger partial charge in [-0.1, -0.05) is 35.3 Å². The highest BCUT2D eigenvalue weighted by Gasteiger charge is 2.07. The molecule has 22 heavy (non-hydrogen) atoms. The van der Waals surface area contributed by atoms with E-state index in [0.29, 0.717) is 28.7 Å². The average molecular weight is 337 g/mol. The molecule has 0 spiro atoms. The second kappa shape index (κ2) is 7.52. The molecule has 0 radical (unpaired) electrons. The van der Waals surface area contributed by atoms with Gasteiger partial charge in [0.25, 0.3) is 0 Å². The van der Waals surface area contributed by atoms with Gasteiger partial charge >= 0.3 is 0 Å². The predicted octanol–water partition coefficient (Wildman–Crippen LogP) is 5.05. The number of benzene rings is 2. The Hall–Kier alpha value is -1.71. The lowest BCUT2D eigenvalue weighted by atomic mass is 10.1. The Labute approximate surface area is 140 Å². The lowest BCUT2D eigenvalue weighted by Gasteiger charge is -2.12. The molecule has 0 bridgehead atoms. The zero-order valence-corrected chi connectivity index (χ0v) is 14.1. The lowest BCUT2D eigenvalue weighted by Crippen LogP contribution is -2.16. The summed E-state index contributed by atoms with van der Waals surface area (Å²) < 4.78 is 0. The Morgan fingerprint density at radius 2 is 1.86 bits per heavy atom. The largest absolute Gasteiger partial charge is 0.384 e. The SMILES string of the molecule is Cc1cccc(NCCC(=O)Nc2ccc(Cl)cc2Cl)c1C. The summed E-state index contributed by atoms with van der Waals surface area (Å²) in [5.74, 6) is -0.0953. The third-order valence-electron chi connectivity index (χ3n) is 3.48. The van der Waals surface area contributed by atoms with Crippen molar-refractivity contribution in [1.29, 1.82) is 0 Å². The number of carbonyl (C=O) groups is 1. The van der Waals surface area contributed by atoms with Crippen LogP contribution in [0.4, 0.5) is 11.4 Å². The number of halogens is 2. The molecule has 0 fully saturated rings. The number of rotatable bonds is 5. The van der Waals surface area contributed by atoms with Gasteiger partial charge in [0.15, 0.2) is 0 Å². The fraction of sp³-hybridized carbons (Fsp3) is 0.235. The predicted molar refractivity (Wildman–Crippen MR) is 94.1 cm³/mol. The molecule has 0 atom stereocenters. The number of carbonyl (C=O) groups excluding carboxylic acids is 1. The summed E-state index contributed by atoms with van der Waals surface area (Å²) in [7, 11) is 0. The molecule has 0 heterocycles. The molecule has 5 heteroatoms. The standard InChI is InChI=1S/C17H18Cl2N2O/c1-11-4-3-5-15(12(11)2)20-9-8-17(22)21-16-7-6-13(18)10-14(16)19/h3-7,10,20H,8-9H2,1-2H3,(H,21,22). The molecule has 1 amide bonds. The molecule has 0 unspecified atom stereocenters. The van der Waals surface area contributed by atoms with Crippen LogP contribution in [-0.4, -0.2) is 12.5 Å². The first-order valence-electron chi connectivity index (χ1n) is 7.02. The first-order chi connectivity index (χ1) is 10.5. The minimum atomic E-state index is -0.0953. The molecule has 0 saturated carbocycles. The summed E-state index contributed by atoms with van der Waals surface area (Å²) in [6, 6.07) is 11.1. The molecular weight excluding hydrogens is 319 g/mol. The van der Waals surface area contributed by atoms with E-state index < -0.39 is 0 Å². The van der Waals surface area contributed by atoms with Gasteiger partial charge in [-0.15, -0.1) is 0 Å². The molecule has 0 aromatic heterocycles. The monoisotopic (exact) mass is 336 g/mol. The van der Waals surface area contributed by atoms with Gasteiger partial charge in [0, 0.05) is 23.7 Å².